The Kier molecular flexibility index (Phi) is 6.06. The lowest BCUT2D eigenvalue weighted by molar-refractivity contribution is 0.632. The molecule has 2 heterocycles. The summed E-state index contributed by atoms with van der Waals surface area (Å²) in [6, 6.07) is 54.7. The predicted molar refractivity (Wildman–Crippen MR) is 191 cm³/mol. The van der Waals surface area contributed by atoms with E-state index in [0.29, 0.717) is 11.1 Å². The first-order chi connectivity index (χ1) is 23.2. The largest absolute Gasteiger partial charge is 0.309 e. The van der Waals surface area contributed by atoms with Crippen molar-refractivity contribution in [3.05, 3.63) is 169 Å². The normalized spacial score (nSPS) is 11.5. The van der Waals surface area contributed by atoms with Crippen molar-refractivity contribution >= 4 is 43.6 Å². The van der Waals surface area contributed by atoms with Gasteiger partial charge in [-0.15, -0.1) is 0 Å². The third kappa shape index (κ3) is 4.04. The van der Waals surface area contributed by atoms with E-state index in [2.05, 4.69) is 81.9 Å². The van der Waals surface area contributed by atoms with E-state index in [4.69, 9.17) is 0 Å². The highest BCUT2D eigenvalue weighted by Crippen LogP contribution is 2.43. The maximum absolute atomic E-state index is 16.3. The molecule has 0 amide bonds. The molecule has 0 aliphatic carbocycles. The summed E-state index contributed by atoms with van der Waals surface area (Å²) in [5.74, 6) is -0.316. The molecular formula is C43H26FN3. The summed E-state index contributed by atoms with van der Waals surface area (Å²) in [6.07, 6.45) is 0. The molecule has 0 fully saturated rings. The minimum absolute atomic E-state index is 0.316. The molecule has 0 N–H and O–H groups in total. The average molecular weight is 604 g/mol. The van der Waals surface area contributed by atoms with Crippen LogP contribution in [0.5, 0.6) is 0 Å². The molecule has 0 spiro atoms. The summed E-state index contributed by atoms with van der Waals surface area (Å²) >= 11 is 0. The standard InChI is InChI=1S/C43H26FN3/c44-37-20-11-18-34(35-19-10-12-29(27-45)43(35)47-39-22-8-4-15-31(39)32-16-5-9-23-40(32)47)42(37)28-24-25-41-36(26-28)33-17-6-7-21-38(33)46(41)30-13-2-1-3-14-30/h1-26H. The highest BCUT2D eigenvalue weighted by Gasteiger charge is 2.22. The van der Waals surface area contributed by atoms with Gasteiger partial charge in [-0.05, 0) is 65.7 Å². The van der Waals surface area contributed by atoms with Gasteiger partial charge < -0.3 is 9.13 Å². The van der Waals surface area contributed by atoms with Crippen LogP contribution in [0.25, 0.3) is 77.2 Å². The topological polar surface area (TPSA) is 33.6 Å². The lowest BCUT2D eigenvalue weighted by Crippen LogP contribution is -2.02. The van der Waals surface area contributed by atoms with Gasteiger partial charge in [-0.3, -0.25) is 0 Å². The van der Waals surface area contributed by atoms with E-state index in [-0.39, 0.29) is 5.82 Å². The minimum Gasteiger partial charge on any atom is -0.309 e. The van der Waals surface area contributed by atoms with Gasteiger partial charge >= 0.3 is 0 Å². The Bertz CT molecular complexity index is 2650. The van der Waals surface area contributed by atoms with E-state index in [9.17, 15) is 5.26 Å². The number of benzene rings is 7. The maximum Gasteiger partial charge on any atom is 0.131 e. The molecule has 220 valence electrons. The predicted octanol–water partition coefficient (Wildman–Crippen LogP) is 11.2. The van der Waals surface area contributed by atoms with Gasteiger partial charge in [0.2, 0.25) is 0 Å². The molecule has 9 rings (SSSR count). The van der Waals surface area contributed by atoms with Crippen molar-refractivity contribution in [3.63, 3.8) is 0 Å². The Morgan fingerprint density at radius 3 is 1.70 bits per heavy atom. The summed E-state index contributed by atoms with van der Waals surface area (Å²) in [4.78, 5) is 0. The maximum atomic E-state index is 16.3. The van der Waals surface area contributed by atoms with Gasteiger partial charge in [0, 0.05) is 38.4 Å². The number of nitriles is 1. The SMILES string of the molecule is N#Cc1cccc(-c2cccc(F)c2-c2ccc3c(c2)c2ccccc2n3-c2ccccc2)c1-n1c2ccccc2c2ccccc21. The summed E-state index contributed by atoms with van der Waals surface area (Å²) in [6.45, 7) is 0. The Morgan fingerprint density at radius 2 is 1.02 bits per heavy atom. The van der Waals surface area contributed by atoms with Crippen LogP contribution in [0.1, 0.15) is 5.56 Å². The highest BCUT2D eigenvalue weighted by molar-refractivity contribution is 6.12. The molecule has 47 heavy (non-hydrogen) atoms. The lowest BCUT2D eigenvalue weighted by Gasteiger charge is -2.19. The first-order valence-electron chi connectivity index (χ1n) is 15.6. The second-order valence-corrected chi connectivity index (χ2v) is 11.8. The van der Waals surface area contributed by atoms with Gasteiger partial charge in [0.25, 0.3) is 0 Å². The van der Waals surface area contributed by atoms with Gasteiger partial charge in [-0.2, -0.15) is 5.26 Å². The van der Waals surface area contributed by atoms with E-state index >= 15 is 4.39 Å². The van der Waals surface area contributed by atoms with Crippen LogP contribution in [0, 0.1) is 17.1 Å². The van der Waals surface area contributed by atoms with Crippen LogP contribution >= 0.6 is 0 Å². The Balaban J connectivity index is 1.34. The lowest BCUT2D eigenvalue weighted by atomic mass is 9.91. The average Bonchev–Trinajstić information content (AvgIpc) is 3.64. The molecule has 0 unspecified atom stereocenters. The first-order valence-corrected chi connectivity index (χ1v) is 15.6. The van der Waals surface area contributed by atoms with Crippen molar-refractivity contribution in [2.24, 2.45) is 0 Å². The van der Waals surface area contributed by atoms with E-state index in [1.807, 2.05) is 78.9 Å². The number of halogens is 1. The molecule has 7 aromatic carbocycles. The number of hydrogen-bond donors (Lipinski definition) is 0. The quantitative estimate of drug-likeness (QED) is 0.197. The van der Waals surface area contributed by atoms with E-state index in [1.165, 1.54) is 6.07 Å². The van der Waals surface area contributed by atoms with Crippen LogP contribution in [-0.2, 0) is 0 Å². The number of nitrogens with zero attached hydrogens (tertiary/aromatic N) is 3. The van der Waals surface area contributed by atoms with Crippen molar-refractivity contribution in [1.82, 2.24) is 9.13 Å². The third-order valence-corrected chi connectivity index (χ3v) is 9.24. The molecule has 0 radical (unpaired) electrons. The molecule has 0 aliphatic rings. The second-order valence-electron chi connectivity index (χ2n) is 11.8. The van der Waals surface area contributed by atoms with Gasteiger partial charge in [0.15, 0.2) is 0 Å². The zero-order chi connectivity index (χ0) is 31.5. The molecule has 0 aliphatic heterocycles. The first kappa shape index (κ1) is 26.9. The number of hydrogen-bond acceptors (Lipinski definition) is 1. The Hall–Kier alpha value is -6.44. The summed E-state index contributed by atoms with van der Waals surface area (Å²) < 4.78 is 20.7. The van der Waals surface area contributed by atoms with Crippen molar-refractivity contribution in [1.29, 1.82) is 5.26 Å². The van der Waals surface area contributed by atoms with Gasteiger partial charge in [-0.1, -0.05) is 103 Å². The zero-order valence-electron chi connectivity index (χ0n) is 25.2. The smallest absolute Gasteiger partial charge is 0.131 e. The number of aromatic nitrogens is 2. The molecule has 9 aromatic rings. The van der Waals surface area contributed by atoms with E-state index in [0.717, 1.165) is 71.7 Å². The monoisotopic (exact) mass is 603 g/mol. The van der Waals surface area contributed by atoms with Gasteiger partial charge in [-0.25, -0.2) is 4.39 Å². The number of rotatable bonds is 4. The molecule has 0 saturated carbocycles. The van der Waals surface area contributed by atoms with Crippen LogP contribution in [0.2, 0.25) is 0 Å². The van der Waals surface area contributed by atoms with Crippen LogP contribution in [0.15, 0.2) is 158 Å². The van der Waals surface area contributed by atoms with Gasteiger partial charge in [0.05, 0.1) is 33.3 Å². The third-order valence-electron chi connectivity index (χ3n) is 9.24. The Morgan fingerprint density at radius 1 is 0.468 bits per heavy atom. The van der Waals surface area contributed by atoms with E-state index < -0.39 is 0 Å². The van der Waals surface area contributed by atoms with Crippen molar-refractivity contribution in [2.75, 3.05) is 0 Å². The minimum atomic E-state index is -0.316. The van der Waals surface area contributed by atoms with E-state index in [1.54, 1.807) is 6.07 Å². The van der Waals surface area contributed by atoms with Crippen LogP contribution in [0.4, 0.5) is 4.39 Å². The molecule has 0 atom stereocenters. The summed E-state index contributed by atoms with van der Waals surface area (Å²) in [5, 5.41) is 14.8. The second kappa shape index (κ2) is 10.6. The number of fused-ring (bicyclic) bond motifs is 6. The van der Waals surface area contributed by atoms with Crippen LogP contribution < -0.4 is 0 Å². The fraction of sp³-hybridized carbons (Fsp3) is 0. The molecular weight excluding hydrogens is 577 g/mol. The summed E-state index contributed by atoms with van der Waals surface area (Å²) in [5.41, 5.74) is 9.25. The van der Waals surface area contributed by atoms with Gasteiger partial charge in [0.1, 0.15) is 11.9 Å². The highest BCUT2D eigenvalue weighted by atomic mass is 19.1. The zero-order valence-corrected chi connectivity index (χ0v) is 25.2. The Labute approximate surface area is 270 Å². The van der Waals surface area contributed by atoms with Crippen LogP contribution in [0.3, 0.4) is 0 Å². The fourth-order valence-corrected chi connectivity index (χ4v) is 7.28. The van der Waals surface area contributed by atoms with Crippen molar-refractivity contribution < 1.29 is 4.39 Å². The molecule has 2 aromatic heterocycles. The molecule has 0 bridgehead atoms. The number of para-hydroxylation sites is 5. The van der Waals surface area contributed by atoms with Crippen molar-refractivity contribution in [2.45, 2.75) is 0 Å². The summed E-state index contributed by atoms with van der Waals surface area (Å²) in [7, 11) is 0. The molecule has 3 nitrogen and oxygen atoms in total. The fourth-order valence-electron chi connectivity index (χ4n) is 7.28. The van der Waals surface area contributed by atoms with Crippen LogP contribution in [-0.4, -0.2) is 9.13 Å². The molecule has 4 heteroatoms. The van der Waals surface area contributed by atoms with Crippen molar-refractivity contribution in [3.8, 4) is 39.7 Å². The molecule has 0 saturated heterocycles.